The van der Waals surface area contributed by atoms with E-state index in [1.807, 2.05) is 18.5 Å². The Morgan fingerprint density at radius 3 is 2.47 bits per heavy atom. The number of hydrogen-bond acceptors (Lipinski definition) is 3. The summed E-state index contributed by atoms with van der Waals surface area (Å²) in [4.78, 5) is 0. The van der Waals surface area contributed by atoms with Crippen molar-refractivity contribution in [2.45, 2.75) is 53.2 Å². The van der Waals surface area contributed by atoms with Crippen molar-refractivity contribution in [2.75, 3.05) is 13.2 Å². The van der Waals surface area contributed by atoms with E-state index >= 15 is 0 Å². The van der Waals surface area contributed by atoms with E-state index in [0.29, 0.717) is 6.61 Å². The van der Waals surface area contributed by atoms with Crippen LogP contribution in [0.1, 0.15) is 50.8 Å². The van der Waals surface area contributed by atoms with Crippen LogP contribution in [0.25, 0.3) is 0 Å². The highest BCUT2D eigenvalue weighted by atomic mass is 16.5. The van der Waals surface area contributed by atoms with Gasteiger partial charge in [-0.25, -0.2) is 0 Å². The van der Waals surface area contributed by atoms with Crippen molar-refractivity contribution in [1.29, 1.82) is 0 Å². The molecule has 0 radical (unpaired) electrons. The summed E-state index contributed by atoms with van der Waals surface area (Å²) in [5.41, 5.74) is 3.15. The zero-order valence-corrected chi connectivity index (χ0v) is 11.4. The molecule has 4 heteroatoms. The largest absolute Gasteiger partial charge is 0.389 e. The van der Waals surface area contributed by atoms with E-state index in [1.165, 1.54) is 0 Å². The number of aliphatic hydroxyl groups is 1. The molecule has 1 aromatic heterocycles. The molecule has 0 spiro atoms. The topological polar surface area (TPSA) is 47.3 Å². The molecular weight excluding hydrogens is 216 g/mol. The van der Waals surface area contributed by atoms with E-state index in [4.69, 9.17) is 4.74 Å². The molecule has 1 atom stereocenters. The van der Waals surface area contributed by atoms with Crippen LogP contribution >= 0.6 is 0 Å². The summed E-state index contributed by atoms with van der Waals surface area (Å²) in [7, 11) is 0. The molecule has 1 rings (SSSR count). The minimum atomic E-state index is -0.444. The van der Waals surface area contributed by atoms with E-state index in [2.05, 4.69) is 18.9 Å². The quantitative estimate of drug-likeness (QED) is 0.742. The van der Waals surface area contributed by atoms with Crippen LogP contribution in [-0.2, 0) is 24.1 Å². The first-order valence-electron chi connectivity index (χ1n) is 6.49. The maximum absolute atomic E-state index is 9.85. The average Bonchev–Trinajstić information content (AvgIpc) is 2.67. The third-order valence-corrected chi connectivity index (χ3v) is 2.91. The summed E-state index contributed by atoms with van der Waals surface area (Å²) in [6.45, 7) is 10.1. The molecule has 0 aliphatic carbocycles. The smallest absolute Gasteiger partial charge is 0.0798 e. The Hall–Kier alpha value is -0.870. The van der Waals surface area contributed by atoms with Gasteiger partial charge in [0.2, 0.25) is 0 Å². The van der Waals surface area contributed by atoms with Crippen molar-refractivity contribution in [3.8, 4) is 0 Å². The Morgan fingerprint density at radius 1 is 1.29 bits per heavy atom. The van der Waals surface area contributed by atoms with Gasteiger partial charge in [-0.2, -0.15) is 5.10 Å². The lowest BCUT2D eigenvalue weighted by Gasteiger charge is -2.09. The zero-order valence-electron chi connectivity index (χ0n) is 11.4. The number of aromatic nitrogens is 2. The van der Waals surface area contributed by atoms with Gasteiger partial charge < -0.3 is 9.84 Å². The molecule has 0 aliphatic heterocycles. The molecule has 1 unspecified atom stereocenters. The number of nitrogens with zero attached hydrogens (tertiary/aromatic N) is 2. The van der Waals surface area contributed by atoms with E-state index in [0.717, 1.165) is 42.9 Å². The van der Waals surface area contributed by atoms with E-state index in [1.54, 1.807) is 0 Å². The molecule has 0 aromatic carbocycles. The van der Waals surface area contributed by atoms with Crippen LogP contribution < -0.4 is 0 Å². The molecule has 0 saturated carbocycles. The first kappa shape index (κ1) is 14.2. The number of ether oxygens (including phenoxy) is 1. The van der Waals surface area contributed by atoms with Crippen molar-refractivity contribution in [1.82, 2.24) is 9.78 Å². The lowest BCUT2D eigenvalue weighted by molar-refractivity contribution is 0.135. The zero-order chi connectivity index (χ0) is 12.8. The normalized spacial score (nSPS) is 13.0. The lowest BCUT2D eigenvalue weighted by Crippen LogP contribution is -2.11. The number of hydrogen-bond donors (Lipinski definition) is 1. The molecule has 0 saturated heterocycles. The van der Waals surface area contributed by atoms with Crippen LogP contribution in [0.15, 0.2) is 0 Å². The Labute approximate surface area is 104 Å². The molecule has 0 amide bonds. The molecule has 98 valence electrons. The maximum Gasteiger partial charge on any atom is 0.0798 e. The van der Waals surface area contributed by atoms with Crippen molar-refractivity contribution < 1.29 is 9.84 Å². The Kier molecular flexibility index (Phi) is 5.65. The average molecular weight is 240 g/mol. The van der Waals surface area contributed by atoms with Gasteiger partial charge in [0.15, 0.2) is 0 Å². The number of aryl methyl sites for hydroxylation is 1. The van der Waals surface area contributed by atoms with Gasteiger partial charge in [0, 0.05) is 17.9 Å². The molecule has 1 heterocycles. The van der Waals surface area contributed by atoms with Gasteiger partial charge in [-0.15, -0.1) is 0 Å². The van der Waals surface area contributed by atoms with Gasteiger partial charge in [0.1, 0.15) is 0 Å². The van der Waals surface area contributed by atoms with Crippen molar-refractivity contribution in [3.05, 3.63) is 17.0 Å². The van der Waals surface area contributed by atoms with Crippen molar-refractivity contribution >= 4 is 0 Å². The summed E-state index contributed by atoms with van der Waals surface area (Å²) in [5.74, 6) is 0. The van der Waals surface area contributed by atoms with Gasteiger partial charge in [-0.3, -0.25) is 4.68 Å². The predicted molar refractivity (Wildman–Crippen MR) is 68.1 cm³/mol. The summed E-state index contributed by atoms with van der Waals surface area (Å²) in [6, 6.07) is 0. The van der Waals surface area contributed by atoms with E-state index in [-0.39, 0.29) is 0 Å². The van der Waals surface area contributed by atoms with Gasteiger partial charge in [0.25, 0.3) is 0 Å². The first-order chi connectivity index (χ1) is 8.15. The fourth-order valence-electron chi connectivity index (χ4n) is 2.16. The van der Waals surface area contributed by atoms with Gasteiger partial charge >= 0.3 is 0 Å². The lowest BCUT2D eigenvalue weighted by atomic mass is 10.0. The first-order valence-corrected chi connectivity index (χ1v) is 6.49. The Morgan fingerprint density at radius 2 is 2.00 bits per heavy atom. The van der Waals surface area contributed by atoms with Crippen LogP contribution in [0.3, 0.4) is 0 Å². The third kappa shape index (κ3) is 3.30. The molecule has 0 fully saturated rings. The summed E-state index contributed by atoms with van der Waals surface area (Å²) in [6.07, 6.45) is 1.30. The predicted octanol–water partition coefficient (Wildman–Crippen LogP) is 2.10. The second kappa shape index (κ2) is 6.77. The molecule has 0 aliphatic rings. The van der Waals surface area contributed by atoms with Crippen molar-refractivity contribution in [3.63, 3.8) is 0 Å². The number of aliphatic hydroxyl groups excluding tert-OH is 1. The molecule has 1 N–H and O–H groups in total. The van der Waals surface area contributed by atoms with Gasteiger partial charge in [-0.1, -0.05) is 13.8 Å². The molecule has 0 bridgehead atoms. The fraction of sp³-hybridized carbons (Fsp3) is 0.769. The fourth-order valence-corrected chi connectivity index (χ4v) is 2.16. The molecule has 17 heavy (non-hydrogen) atoms. The summed E-state index contributed by atoms with van der Waals surface area (Å²) >= 11 is 0. The second-order valence-corrected chi connectivity index (χ2v) is 4.11. The Balaban J connectivity index is 2.96. The van der Waals surface area contributed by atoms with Crippen LogP contribution in [0.5, 0.6) is 0 Å². The van der Waals surface area contributed by atoms with Crippen LogP contribution in [0, 0.1) is 0 Å². The van der Waals surface area contributed by atoms with E-state index in [9.17, 15) is 5.11 Å². The number of rotatable bonds is 7. The minimum absolute atomic E-state index is 0.444. The van der Waals surface area contributed by atoms with Crippen molar-refractivity contribution in [2.24, 2.45) is 0 Å². The third-order valence-electron chi connectivity index (χ3n) is 2.91. The van der Waals surface area contributed by atoms with Crippen LogP contribution in [-0.4, -0.2) is 28.1 Å². The Bertz CT molecular complexity index is 345. The van der Waals surface area contributed by atoms with Gasteiger partial charge in [0.05, 0.1) is 24.9 Å². The SMILES string of the molecule is CCOCCn1nc(CC)c(C(C)O)c1CC. The molecular formula is C13H24N2O2. The standard InChI is InChI=1S/C13H24N2O2/c1-5-11-13(10(4)16)12(6-2)15(14-11)8-9-17-7-3/h10,16H,5-9H2,1-4H3. The maximum atomic E-state index is 9.85. The van der Waals surface area contributed by atoms with Crippen LogP contribution in [0.2, 0.25) is 0 Å². The summed E-state index contributed by atoms with van der Waals surface area (Å²) in [5, 5.41) is 14.4. The molecule has 1 aromatic rings. The van der Waals surface area contributed by atoms with Crippen LogP contribution in [0.4, 0.5) is 0 Å². The highest BCUT2D eigenvalue weighted by Crippen LogP contribution is 2.23. The minimum Gasteiger partial charge on any atom is -0.389 e. The van der Waals surface area contributed by atoms with Gasteiger partial charge in [-0.05, 0) is 26.7 Å². The molecule has 4 nitrogen and oxygen atoms in total. The second-order valence-electron chi connectivity index (χ2n) is 4.11. The highest BCUT2D eigenvalue weighted by Gasteiger charge is 2.18. The summed E-state index contributed by atoms with van der Waals surface area (Å²) < 4.78 is 7.34. The monoisotopic (exact) mass is 240 g/mol. The highest BCUT2D eigenvalue weighted by molar-refractivity contribution is 5.28. The van der Waals surface area contributed by atoms with E-state index < -0.39 is 6.10 Å².